The van der Waals surface area contributed by atoms with Gasteiger partial charge in [0.15, 0.2) is 0 Å². The Morgan fingerprint density at radius 3 is 2.73 bits per heavy atom. The number of rotatable bonds is 8. The van der Waals surface area contributed by atoms with Crippen LogP contribution in [0.2, 0.25) is 0 Å². The highest BCUT2D eigenvalue weighted by atomic mass is 32.2. The number of thioether (sulfide) groups is 1. The fraction of sp³-hybridized carbons (Fsp3) is 0.900. The van der Waals surface area contributed by atoms with Crippen molar-refractivity contribution in [1.29, 1.82) is 0 Å². The van der Waals surface area contributed by atoms with Crippen LogP contribution in [0.4, 0.5) is 0 Å². The van der Waals surface area contributed by atoms with Crippen molar-refractivity contribution in [1.82, 2.24) is 0 Å². The highest BCUT2D eigenvalue weighted by Crippen LogP contribution is 2.14. The largest absolute Gasteiger partial charge is 0.465 e. The van der Waals surface area contributed by atoms with Crippen LogP contribution < -0.4 is 5.73 Å². The van der Waals surface area contributed by atoms with Gasteiger partial charge < -0.3 is 15.6 Å². The fourth-order valence-electron chi connectivity index (χ4n) is 0.951. The maximum absolute atomic E-state index is 11.4. The summed E-state index contributed by atoms with van der Waals surface area (Å²) in [5, 5.41) is 8.57. The zero-order valence-corrected chi connectivity index (χ0v) is 10.3. The molecule has 0 radical (unpaired) electrons. The molecule has 0 spiro atoms. The third-order valence-electron chi connectivity index (χ3n) is 1.95. The van der Waals surface area contributed by atoms with E-state index >= 15 is 0 Å². The van der Waals surface area contributed by atoms with Crippen molar-refractivity contribution in [3.63, 3.8) is 0 Å². The number of aliphatic hydroxyl groups is 1. The van der Waals surface area contributed by atoms with E-state index in [1.807, 2.05) is 0 Å². The molecule has 0 aromatic rings. The molecule has 0 aromatic carbocycles. The number of hydrogen-bond donors (Lipinski definition) is 2. The molecule has 0 amide bonds. The second-order valence-corrected chi connectivity index (χ2v) is 4.80. The zero-order valence-electron chi connectivity index (χ0n) is 9.49. The third kappa shape index (κ3) is 6.76. The molecule has 0 saturated heterocycles. The second-order valence-electron chi connectivity index (χ2n) is 3.58. The molecule has 1 unspecified atom stereocenters. The standard InChI is InChI=1S/C10H21NO3S/c1-3-14-9(13)10(2,11)5-8-15-7-4-6-12/h12H,3-8,11H2,1-2H3. The number of esters is 1. The quantitative estimate of drug-likeness (QED) is 0.480. The molecule has 0 saturated carbocycles. The lowest BCUT2D eigenvalue weighted by Gasteiger charge is -2.21. The molecule has 4 nitrogen and oxygen atoms in total. The van der Waals surface area contributed by atoms with Gasteiger partial charge in [-0.25, -0.2) is 0 Å². The SMILES string of the molecule is CCOC(=O)C(C)(N)CCSCCCO. The molecule has 0 aliphatic carbocycles. The van der Waals surface area contributed by atoms with Crippen molar-refractivity contribution in [2.45, 2.75) is 32.2 Å². The summed E-state index contributed by atoms with van der Waals surface area (Å²) in [5.74, 6) is 1.37. The first-order valence-electron chi connectivity index (χ1n) is 5.19. The molecule has 0 bridgehead atoms. The van der Waals surface area contributed by atoms with E-state index in [2.05, 4.69) is 0 Å². The minimum Gasteiger partial charge on any atom is -0.465 e. The van der Waals surface area contributed by atoms with E-state index in [1.165, 1.54) is 0 Å². The normalized spacial score (nSPS) is 14.7. The molecule has 0 rings (SSSR count). The summed E-state index contributed by atoms with van der Waals surface area (Å²) in [6, 6.07) is 0. The Labute approximate surface area is 95.6 Å². The van der Waals surface area contributed by atoms with E-state index in [-0.39, 0.29) is 12.6 Å². The summed E-state index contributed by atoms with van der Waals surface area (Å²) in [7, 11) is 0. The Morgan fingerprint density at radius 2 is 2.20 bits per heavy atom. The van der Waals surface area contributed by atoms with Crippen LogP contribution in [0.5, 0.6) is 0 Å². The molecule has 15 heavy (non-hydrogen) atoms. The van der Waals surface area contributed by atoms with Gasteiger partial charge in [0.1, 0.15) is 5.54 Å². The van der Waals surface area contributed by atoms with Crippen molar-refractivity contribution >= 4 is 17.7 Å². The molecule has 90 valence electrons. The average molecular weight is 235 g/mol. The number of hydrogen-bond acceptors (Lipinski definition) is 5. The van der Waals surface area contributed by atoms with Gasteiger partial charge in [0.05, 0.1) is 6.61 Å². The Hall–Kier alpha value is -0.260. The van der Waals surface area contributed by atoms with Gasteiger partial charge >= 0.3 is 5.97 Å². The van der Waals surface area contributed by atoms with Gasteiger partial charge in [-0.05, 0) is 38.2 Å². The van der Waals surface area contributed by atoms with Crippen LogP contribution in [0, 0.1) is 0 Å². The minimum atomic E-state index is -0.887. The highest BCUT2D eigenvalue weighted by molar-refractivity contribution is 7.99. The summed E-state index contributed by atoms with van der Waals surface area (Å²) in [5.41, 5.74) is 4.94. The first kappa shape index (κ1) is 14.7. The average Bonchev–Trinajstić information content (AvgIpc) is 2.18. The maximum atomic E-state index is 11.4. The lowest BCUT2D eigenvalue weighted by Crippen LogP contribution is -2.46. The van der Waals surface area contributed by atoms with Crippen LogP contribution in [0.15, 0.2) is 0 Å². The fourth-order valence-corrected chi connectivity index (χ4v) is 2.06. The molecule has 5 heteroatoms. The lowest BCUT2D eigenvalue weighted by molar-refractivity contribution is -0.149. The topological polar surface area (TPSA) is 72.5 Å². The van der Waals surface area contributed by atoms with Crippen molar-refractivity contribution in [2.24, 2.45) is 5.73 Å². The van der Waals surface area contributed by atoms with Crippen molar-refractivity contribution in [3.8, 4) is 0 Å². The van der Waals surface area contributed by atoms with Gasteiger partial charge in [-0.3, -0.25) is 4.79 Å². The maximum Gasteiger partial charge on any atom is 0.325 e. The van der Waals surface area contributed by atoms with Gasteiger partial charge in [-0.1, -0.05) is 0 Å². The van der Waals surface area contributed by atoms with E-state index in [4.69, 9.17) is 15.6 Å². The Morgan fingerprint density at radius 1 is 1.53 bits per heavy atom. The monoisotopic (exact) mass is 235 g/mol. The number of ether oxygens (including phenoxy) is 1. The lowest BCUT2D eigenvalue weighted by atomic mass is 10.0. The molecular weight excluding hydrogens is 214 g/mol. The molecule has 1 atom stereocenters. The van der Waals surface area contributed by atoms with E-state index in [9.17, 15) is 4.79 Å². The first-order chi connectivity index (χ1) is 7.04. The molecule has 3 N–H and O–H groups in total. The Bertz CT molecular complexity index is 186. The summed E-state index contributed by atoms with van der Waals surface area (Å²) in [6.45, 7) is 4.04. The van der Waals surface area contributed by atoms with Crippen LogP contribution in [0.25, 0.3) is 0 Å². The van der Waals surface area contributed by atoms with Crippen LogP contribution in [-0.2, 0) is 9.53 Å². The van der Waals surface area contributed by atoms with Gasteiger partial charge in [0.2, 0.25) is 0 Å². The second kappa shape index (κ2) is 7.96. The number of aliphatic hydroxyl groups excluding tert-OH is 1. The van der Waals surface area contributed by atoms with Crippen molar-refractivity contribution in [2.75, 3.05) is 24.7 Å². The molecule has 0 aliphatic rings. The molecule has 0 aromatic heterocycles. The molecule has 0 aliphatic heterocycles. The van der Waals surface area contributed by atoms with E-state index in [0.717, 1.165) is 17.9 Å². The van der Waals surface area contributed by atoms with Crippen molar-refractivity contribution in [3.05, 3.63) is 0 Å². The molecule has 0 fully saturated rings. The summed E-state index contributed by atoms with van der Waals surface area (Å²) in [4.78, 5) is 11.4. The first-order valence-corrected chi connectivity index (χ1v) is 6.34. The van der Waals surface area contributed by atoms with Crippen LogP contribution in [-0.4, -0.2) is 41.3 Å². The highest BCUT2D eigenvalue weighted by Gasteiger charge is 2.29. The number of nitrogens with two attached hydrogens (primary N) is 1. The van der Waals surface area contributed by atoms with Crippen LogP contribution in [0.3, 0.4) is 0 Å². The van der Waals surface area contributed by atoms with Gasteiger partial charge in [-0.2, -0.15) is 11.8 Å². The third-order valence-corrected chi connectivity index (χ3v) is 3.02. The number of carbonyl (C=O) groups excluding carboxylic acids is 1. The van der Waals surface area contributed by atoms with E-state index < -0.39 is 5.54 Å². The zero-order chi connectivity index (χ0) is 11.7. The van der Waals surface area contributed by atoms with E-state index in [0.29, 0.717) is 13.0 Å². The number of carbonyl (C=O) groups is 1. The minimum absolute atomic E-state index is 0.213. The molecule has 0 heterocycles. The van der Waals surface area contributed by atoms with Gasteiger partial charge in [-0.15, -0.1) is 0 Å². The molecular formula is C10H21NO3S. The Kier molecular flexibility index (Phi) is 7.82. The van der Waals surface area contributed by atoms with Crippen LogP contribution >= 0.6 is 11.8 Å². The van der Waals surface area contributed by atoms with Crippen LogP contribution in [0.1, 0.15) is 26.7 Å². The Balaban J connectivity index is 3.68. The predicted molar refractivity (Wildman–Crippen MR) is 62.9 cm³/mol. The smallest absolute Gasteiger partial charge is 0.325 e. The van der Waals surface area contributed by atoms with E-state index in [1.54, 1.807) is 25.6 Å². The summed E-state index contributed by atoms with van der Waals surface area (Å²) in [6.07, 6.45) is 1.38. The van der Waals surface area contributed by atoms with Gasteiger partial charge in [0, 0.05) is 6.61 Å². The van der Waals surface area contributed by atoms with Gasteiger partial charge in [0.25, 0.3) is 0 Å². The summed E-state index contributed by atoms with van der Waals surface area (Å²) < 4.78 is 4.87. The van der Waals surface area contributed by atoms with Crippen molar-refractivity contribution < 1.29 is 14.6 Å². The predicted octanol–water partition coefficient (Wildman–Crippen LogP) is 0.773. The summed E-state index contributed by atoms with van der Waals surface area (Å²) >= 11 is 1.69.